The minimum absolute atomic E-state index is 0.383. The van der Waals surface area contributed by atoms with E-state index in [1.165, 1.54) is 0 Å². The Bertz CT molecular complexity index is 340. The highest BCUT2D eigenvalue weighted by molar-refractivity contribution is 6.30. The first-order valence-corrected chi connectivity index (χ1v) is 5.36. The summed E-state index contributed by atoms with van der Waals surface area (Å²) in [4.78, 5) is 10.7. The van der Waals surface area contributed by atoms with Crippen LogP contribution in [0.25, 0.3) is 0 Å². The highest BCUT2D eigenvalue weighted by Crippen LogP contribution is 2.08. The summed E-state index contributed by atoms with van der Waals surface area (Å²) < 4.78 is 0. The zero-order valence-electron chi connectivity index (χ0n) is 9.03. The van der Waals surface area contributed by atoms with Crippen LogP contribution in [-0.2, 0) is 11.3 Å². The molecular formula is C11H15ClN2O2. The zero-order valence-corrected chi connectivity index (χ0v) is 9.79. The second-order valence-corrected chi connectivity index (χ2v) is 3.87. The molecule has 3 N–H and O–H groups in total. The third-order valence-electron chi connectivity index (χ3n) is 2.24. The average Bonchev–Trinajstić information content (AvgIpc) is 2.26. The molecule has 0 heterocycles. The van der Waals surface area contributed by atoms with Crippen LogP contribution in [0.4, 0.5) is 0 Å². The Morgan fingerprint density at radius 2 is 2.06 bits per heavy atom. The predicted molar refractivity (Wildman–Crippen MR) is 63.6 cm³/mol. The molecule has 4 nitrogen and oxygen atoms in total. The lowest BCUT2D eigenvalue weighted by molar-refractivity contribution is -0.139. The summed E-state index contributed by atoms with van der Waals surface area (Å²) in [5, 5.41) is 15.3. The van der Waals surface area contributed by atoms with E-state index in [1.54, 1.807) is 7.05 Å². The van der Waals surface area contributed by atoms with Crippen LogP contribution in [0.2, 0.25) is 5.02 Å². The number of carboxylic acid groups (broad SMARTS) is 1. The molecule has 0 fully saturated rings. The largest absolute Gasteiger partial charge is 0.480 e. The molecule has 0 bridgehead atoms. The van der Waals surface area contributed by atoms with Gasteiger partial charge < -0.3 is 15.7 Å². The van der Waals surface area contributed by atoms with E-state index in [-0.39, 0.29) is 0 Å². The van der Waals surface area contributed by atoms with Crippen LogP contribution in [0.3, 0.4) is 0 Å². The first-order chi connectivity index (χ1) is 7.63. The third-order valence-corrected chi connectivity index (χ3v) is 2.49. The smallest absolute Gasteiger partial charge is 0.322 e. The van der Waals surface area contributed by atoms with Crippen LogP contribution in [0.5, 0.6) is 0 Å². The summed E-state index contributed by atoms with van der Waals surface area (Å²) >= 11 is 5.75. The molecule has 0 aliphatic rings. The van der Waals surface area contributed by atoms with Gasteiger partial charge in [-0.05, 0) is 24.7 Å². The second kappa shape index (κ2) is 6.48. The number of hydrogen-bond acceptors (Lipinski definition) is 3. The van der Waals surface area contributed by atoms with Gasteiger partial charge in [-0.25, -0.2) is 0 Å². The summed E-state index contributed by atoms with van der Waals surface area (Å²) in [5.41, 5.74) is 1.07. The Kier molecular flexibility index (Phi) is 5.25. The number of aliphatic carboxylic acids is 1. The molecular weight excluding hydrogens is 228 g/mol. The van der Waals surface area contributed by atoms with Crippen LogP contribution >= 0.6 is 11.6 Å². The van der Waals surface area contributed by atoms with Crippen molar-refractivity contribution in [2.45, 2.75) is 12.6 Å². The van der Waals surface area contributed by atoms with Crippen molar-refractivity contribution in [2.75, 3.05) is 13.6 Å². The monoisotopic (exact) mass is 242 g/mol. The Labute approximate surface area is 99.6 Å². The fraction of sp³-hybridized carbons (Fsp3) is 0.364. The highest BCUT2D eigenvalue weighted by Gasteiger charge is 2.13. The Morgan fingerprint density at radius 3 is 2.56 bits per heavy atom. The van der Waals surface area contributed by atoms with Gasteiger partial charge in [-0.1, -0.05) is 23.7 Å². The van der Waals surface area contributed by atoms with E-state index in [0.29, 0.717) is 18.1 Å². The van der Waals surface area contributed by atoms with Crippen molar-refractivity contribution in [1.29, 1.82) is 0 Å². The summed E-state index contributed by atoms with van der Waals surface area (Å²) in [5.74, 6) is -0.855. The maximum atomic E-state index is 10.7. The minimum atomic E-state index is -0.855. The van der Waals surface area contributed by atoms with Gasteiger partial charge in [0.05, 0.1) is 0 Å². The molecule has 0 saturated heterocycles. The predicted octanol–water partition coefficient (Wildman–Crippen LogP) is 1.10. The van der Waals surface area contributed by atoms with Gasteiger partial charge in [0.1, 0.15) is 6.04 Å². The van der Waals surface area contributed by atoms with Crippen molar-refractivity contribution < 1.29 is 9.90 Å². The third kappa shape index (κ3) is 4.18. The number of rotatable bonds is 6. The van der Waals surface area contributed by atoms with Crippen LogP contribution in [0.15, 0.2) is 24.3 Å². The minimum Gasteiger partial charge on any atom is -0.480 e. The topological polar surface area (TPSA) is 61.4 Å². The second-order valence-electron chi connectivity index (χ2n) is 3.44. The summed E-state index contributed by atoms with van der Waals surface area (Å²) in [6.45, 7) is 1.01. The van der Waals surface area contributed by atoms with Gasteiger partial charge >= 0.3 is 5.97 Å². The fourth-order valence-electron chi connectivity index (χ4n) is 1.28. The molecule has 1 aromatic rings. The highest BCUT2D eigenvalue weighted by atomic mass is 35.5. The number of hydrogen-bond donors (Lipinski definition) is 3. The SMILES string of the molecule is CNC(CNCc1ccc(Cl)cc1)C(=O)O. The van der Waals surface area contributed by atoms with Gasteiger partial charge in [0.15, 0.2) is 0 Å². The normalized spacial score (nSPS) is 12.4. The number of benzene rings is 1. The van der Waals surface area contributed by atoms with Gasteiger partial charge in [-0.15, -0.1) is 0 Å². The van der Waals surface area contributed by atoms with Crippen molar-refractivity contribution in [2.24, 2.45) is 0 Å². The summed E-state index contributed by atoms with van der Waals surface area (Å²) in [7, 11) is 1.63. The number of carboxylic acids is 1. The van der Waals surface area contributed by atoms with Gasteiger partial charge in [-0.2, -0.15) is 0 Å². The van der Waals surface area contributed by atoms with Crippen molar-refractivity contribution in [3.63, 3.8) is 0 Å². The molecule has 0 amide bonds. The lowest BCUT2D eigenvalue weighted by Gasteiger charge is -2.12. The Hall–Kier alpha value is -1.10. The fourth-order valence-corrected chi connectivity index (χ4v) is 1.40. The molecule has 0 aromatic heterocycles. The zero-order chi connectivity index (χ0) is 12.0. The van der Waals surface area contributed by atoms with Crippen molar-refractivity contribution in [1.82, 2.24) is 10.6 Å². The van der Waals surface area contributed by atoms with Gasteiger partial charge in [0, 0.05) is 18.1 Å². The molecule has 88 valence electrons. The van der Waals surface area contributed by atoms with Gasteiger partial charge in [-0.3, -0.25) is 4.79 Å². The quantitative estimate of drug-likeness (QED) is 0.699. The maximum Gasteiger partial charge on any atom is 0.322 e. The lowest BCUT2D eigenvalue weighted by Crippen LogP contribution is -2.42. The van der Waals surface area contributed by atoms with Crippen LogP contribution in [0.1, 0.15) is 5.56 Å². The molecule has 0 radical (unpaired) electrons. The van der Waals surface area contributed by atoms with E-state index in [0.717, 1.165) is 5.56 Å². The maximum absolute atomic E-state index is 10.7. The van der Waals surface area contributed by atoms with Crippen LogP contribution in [-0.4, -0.2) is 30.7 Å². The van der Waals surface area contributed by atoms with E-state index >= 15 is 0 Å². The summed E-state index contributed by atoms with van der Waals surface area (Å²) in [6, 6.07) is 6.87. The molecule has 1 rings (SSSR count). The van der Waals surface area contributed by atoms with Gasteiger partial charge in [0.25, 0.3) is 0 Å². The average molecular weight is 243 g/mol. The molecule has 16 heavy (non-hydrogen) atoms. The number of halogens is 1. The molecule has 0 aliphatic heterocycles. The van der Waals surface area contributed by atoms with Crippen molar-refractivity contribution in [3.05, 3.63) is 34.9 Å². The molecule has 5 heteroatoms. The van der Waals surface area contributed by atoms with Crippen molar-refractivity contribution >= 4 is 17.6 Å². The molecule has 1 aromatic carbocycles. The Morgan fingerprint density at radius 1 is 1.44 bits per heavy atom. The molecule has 0 saturated carbocycles. The molecule has 1 unspecified atom stereocenters. The van der Waals surface area contributed by atoms with Crippen LogP contribution in [0, 0.1) is 0 Å². The van der Waals surface area contributed by atoms with Gasteiger partial charge in [0.2, 0.25) is 0 Å². The standard InChI is InChI=1S/C11H15ClN2O2/c1-13-10(11(15)16)7-14-6-8-2-4-9(12)5-3-8/h2-5,10,13-14H,6-7H2,1H3,(H,15,16). The lowest BCUT2D eigenvalue weighted by atomic mass is 10.2. The van der Waals surface area contributed by atoms with Crippen molar-refractivity contribution in [3.8, 4) is 0 Å². The first kappa shape index (κ1) is 13.0. The van der Waals surface area contributed by atoms with E-state index in [1.807, 2.05) is 24.3 Å². The molecule has 0 spiro atoms. The number of nitrogens with one attached hydrogen (secondary N) is 2. The van der Waals surface area contributed by atoms with Crippen LogP contribution < -0.4 is 10.6 Å². The summed E-state index contributed by atoms with van der Waals surface area (Å²) in [6.07, 6.45) is 0. The Balaban J connectivity index is 2.35. The van der Waals surface area contributed by atoms with E-state index < -0.39 is 12.0 Å². The number of carbonyl (C=O) groups is 1. The molecule has 0 aliphatic carbocycles. The number of likely N-dealkylation sites (N-methyl/N-ethyl adjacent to an activating group) is 1. The van der Waals surface area contributed by atoms with E-state index in [2.05, 4.69) is 10.6 Å². The van der Waals surface area contributed by atoms with E-state index in [9.17, 15) is 4.79 Å². The van der Waals surface area contributed by atoms with E-state index in [4.69, 9.17) is 16.7 Å². The first-order valence-electron chi connectivity index (χ1n) is 4.98. The molecule has 1 atom stereocenters.